The number of thioether (sulfide) groups is 1. The van der Waals surface area contributed by atoms with Crippen LogP contribution in [0.25, 0.3) is 16.7 Å². The molecule has 14 heteroatoms. The number of nitrogens with one attached hydrogen (secondary N) is 2. The molecule has 6 rings (SSSR count). The van der Waals surface area contributed by atoms with Gasteiger partial charge in [-0.1, -0.05) is 11.6 Å². The highest BCUT2D eigenvalue weighted by atomic mass is 35.5. The van der Waals surface area contributed by atoms with Crippen LogP contribution in [0.5, 0.6) is 0 Å². The summed E-state index contributed by atoms with van der Waals surface area (Å²) in [7, 11) is 0. The molecule has 4 N–H and O–H groups in total. The summed E-state index contributed by atoms with van der Waals surface area (Å²) in [5.74, 6) is -2.70. The van der Waals surface area contributed by atoms with E-state index in [1.807, 2.05) is 0 Å². The van der Waals surface area contributed by atoms with Crippen LogP contribution in [-0.2, 0) is 5.91 Å². The van der Waals surface area contributed by atoms with Crippen LogP contribution >= 0.6 is 23.4 Å². The summed E-state index contributed by atoms with van der Waals surface area (Å²) in [6, 6.07) is 6.22. The quantitative estimate of drug-likeness (QED) is 0.238. The van der Waals surface area contributed by atoms with Gasteiger partial charge in [-0.15, -0.1) is 0 Å². The predicted octanol–water partition coefficient (Wildman–Crippen LogP) is 3.82. The Morgan fingerprint density at radius 2 is 1.74 bits per heavy atom. The largest absolute Gasteiger partial charge is 0.352 e. The van der Waals surface area contributed by atoms with Gasteiger partial charge in [0.05, 0.1) is 28.2 Å². The lowest BCUT2D eigenvalue weighted by molar-refractivity contribution is -0.276. The zero-order valence-electron chi connectivity index (χ0n) is 23.1. The van der Waals surface area contributed by atoms with Gasteiger partial charge in [0, 0.05) is 67.5 Å². The summed E-state index contributed by atoms with van der Waals surface area (Å²) in [5.41, 5.74) is 0.305. The van der Waals surface area contributed by atoms with Gasteiger partial charge >= 0.3 is 0 Å². The minimum Gasteiger partial charge on any atom is -0.352 e. The van der Waals surface area contributed by atoms with E-state index in [0.29, 0.717) is 64.2 Å². The second-order valence-corrected chi connectivity index (χ2v) is 12.3. The van der Waals surface area contributed by atoms with Crippen LogP contribution in [0, 0.1) is 11.6 Å². The van der Waals surface area contributed by atoms with Crippen LogP contribution in [-0.4, -0.2) is 84.4 Å². The first-order valence-corrected chi connectivity index (χ1v) is 15.2. The van der Waals surface area contributed by atoms with Gasteiger partial charge in [-0.25, -0.2) is 23.6 Å². The monoisotopic (exact) mass is 616 g/mol. The highest BCUT2D eigenvalue weighted by molar-refractivity contribution is 7.99. The molecule has 2 aliphatic rings. The molecule has 0 spiro atoms. The van der Waals surface area contributed by atoms with Crippen LogP contribution < -0.4 is 15.5 Å². The molecule has 3 aromatic heterocycles. The Morgan fingerprint density at radius 3 is 2.40 bits per heavy atom. The third kappa shape index (κ3) is 5.64. The predicted molar refractivity (Wildman–Crippen MR) is 161 cm³/mol. The van der Waals surface area contributed by atoms with Crippen molar-refractivity contribution in [2.24, 2.45) is 0 Å². The Labute approximate surface area is 250 Å². The molecule has 5 heterocycles. The third-order valence-corrected chi connectivity index (χ3v) is 8.68. The molecule has 0 unspecified atom stereocenters. The second kappa shape index (κ2) is 11.5. The maximum Gasteiger partial charge on any atom is 0.259 e. The molecular weight excluding hydrogens is 586 g/mol. The first-order chi connectivity index (χ1) is 20.1. The molecule has 42 heavy (non-hydrogen) atoms. The number of hydrogen-bond acceptors (Lipinski definition) is 10. The summed E-state index contributed by atoms with van der Waals surface area (Å²) in [6.07, 6.45) is 4.87. The van der Waals surface area contributed by atoms with Gasteiger partial charge in [0.25, 0.3) is 5.91 Å². The number of hydrogen-bond donors (Lipinski definition) is 4. The molecule has 2 atom stereocenters. The van der Waals surface area contributed by atoms with E-state index in [0.717, 1.165) is 25.2 Å². The van der Waals surface area contributed by atoms with Crippen molar-refractivity contribution in [3.63, 3.8) is 0 Å². The highest BCUT2D eigenvalue weighted by Crippen LogP contribution is 2.33. The van der Waals surface area contributed by atoms with Gasteiger partial charge in [0.1, 0.15) is 23.1 Å². The third-order valence-electron chi connectivity index (χ3n) is 7.45. The van der Waals surface area contributed by atoms with Gasteiger partial charge in [-0.05, 0) is 38.1 Å². The van der Waals surface area contributed by atoms with Crippen molar-refractivity contribution < 1.29 is 19.0 Å². The number of halogens is 3. The van der Waals surface area contributed by atoms with Crippen molar-refractivity contribution in [2.75, 3.05) is 47.9 Å². The van der Waals surface area contributed by atoms with Gasteiger partial charge in [-0.2, -0.15) is 16.7 Å². The zero-order valence-corrected chi connectivity index (χ0v) is 24.6. The average Bonchev–Trinajstić information content (AvgIpc) is 3.36. The molecule has 0 radical (unpaired) electrons. The number of aromatic nitrogens is 4. The molecular formula is C28H31ClF2N8O2S. The molecule has 2 saturated heterocycles. The van der Waals surface area contributed by atoms with Crippen molar-refractivity contribution in [1.82, 2.24) is 29.7 Å². The Balaban J connectivity index is 1.26. The number of piperazine rings is 1. The molecule has 4 aromatic rings. The summed E-state index contributed by atoms with van der Waals surface area (Å²) >= 11 is 8.25. The van der Waals surface area contributed by atoms with E-state index in [1.54, 1.807) is 42.5 Å². The fraction of sp³-hybridized carbons (Fsp3) is 0.393. The molecule has 10 nitrogen and oxygen atoms in total. The first-order valence-electron chi connectivity index (χ1n) is 13.6. The smallest absolute Gasteiger partial charge is 0.259 e. The second-order valence-electron chi connectivity index (χ2n) is 10.7. The van der Waals surface area contributed by atoms with Crippen molar-refractivity contribution in [3.05, 3.63) is 65.1 Å². The van der Waals surface area contributed by atoms with Gasteiger partial charge in [-0.3, -0.25) is 0 Å². The zero-order chi connectivity index (χ0) is 29.6. The summed E-state index contributed by atoms with van der Waals surface area (Å²) in [4.78, 5) is 16.9. The molecule has 0 saturated carbocycles. The molecule has 2 aliphatic heterocycles. The van der Waals surface area contributed by atoms with E-state index in [2.05, 4.69) is 44.3 Å². The molecule has 222 valence electrons. The van der Waals surface area contributed by atoms with Crippen molar-refractivity contribution in [1.29, 1.82) is 0 Å². The van der Waals surface area contributed by atoms with Crippen molar-refractivity contribution in [3.8, 4) is 5.69 Å². The lowest BCUT2D eigenvalue weighted by Crippen LogP contribution is -2.54. The van der Waals surface area contributed by atoms with Crippen LogP contribution in [0.4, 0.5) is 26.2 Å². The number of aliphatic hydroxyl groups is 2. The van der Waals surface area contributed by atoms with Crippen LogP contribution in [0.2, 0.25) is 5.02 Å². The highest BCUT2D eigenvalue weighted by Gasteiger charge is 2.40. The minimum absolute atomic E-state index is 0.131. The lowest BCUT2D eigenvalue weighted by Gasteiger charge is -2.37. The number of anilines is 3. The molecule has 0 amide bonds. The summed E-state index contributed by atoms with van der Waals surface area (Å²) < 4.78 is 32.1. The van der Waals surface area contributed by atoms with E-state index < -0.39 is 23.1 Å². The molecule has 1 aromatic carbocycles. The maximum absolute atomic E-state index is 15.3. The number of rotatable bonds is 6. The van der Waals surface area contributed by atoms with E-state index in [1.165, 1.54) is 9.47 Å². The average molecular weight is 617 g/mol. The van der Waals surface area contributed by atoms with Crippen LogP contribution in [0.15, 0.2) is 42.9 Å². The Hall–Kier alpha value is -3.07. The van der Waals surface area contributed by atoms with Gasteiger partial charge < -0.3 is 30.3 Å². The van der Waals surface area contributed by atoms with Gasteiger partial charge in [0.2, 0.25) is 5.95 Å². The number of nitrogens with zero attached hydrogens (tertiary/aromatic N) is 6. The Kier molecular flexibility index (Phi) is 7.98. The van der Waals surface area contributed by atoms with E-state index in [-0.39, 0.29) is 11.6 Å². The van der Waals surface area contributed by atoms with Crippen LogP contribution in [0.1, 0.15) is 19.4 Å². The lowest BCUT2D eigenvalue weighted by atomic mass is 10.1. The number of fused-ring (bicyclic) bond motifs is 1. The topological polar surface area (TPSA) is 115 Å². The molecule has 0 aliphatic carbocycles. The number of benzene rings is 1. The SMILES string of the molecule is C[C@@H]1CN(c2ncc(Nc3ncc4ccn(-c5cc(F)c(C(O)(O)N6CCSCC6)c(F)c5)c4n3)cc2Cl)C[C@H](C)N1. The summed E-state index contributed by atoms with van der Waals surface area (Å²) in [5, 5.41) is 29.2. The standard InChI is InChI=1S/C28H31ClF2N8O2S/c1-16-14-37(15-17(2)34-16)26-21(29)9-19(13-32-26)35-27-33-12-18-3-4-39(25(18)36-27)20-10-22(30)24(23(31)11-20)28(40,41)38-5-7-42-8-6-38/h3-4,9-13,16-17,34,40-41H,5-8,14-15H2,1-2H3,(H,33,35,36)/t16-,17+. The first kappa shape index (κ1) is 29.0. The number of pyridine rings is 1. The van der Waals surface area contributed by atoms with Gasteiger partial charge in [0.15, 0.2) is 0 Å². The van der Waals surface area contributed by atoms with E-state index in [9.17, 15) is 10.2 Å². The van der Waals surface area contributed by atoms with Crippen molar-refractivity contribution >= 4 is 51.8 Å². The normalized spacial score (nSPS) is 20.3. The Morgan fingerprint density at radius 1 is 1.05 bits per heavy atom. The van der Waals surface area contributed by atoms with E-state index in [4.69, 9.17) is 11.6 Å². The van der Waals surface area contributed by atoms with Crippen molar-refractivity contribution in [2.45, 2.75) is 31.8 Å². The molecule has 0 bridgehead atoms. The summed E-state index contributed by atoms with van der Waals surface area (Å²) in [6.45, 7) is 6.41. The fourth-order valence-electron chi connectivity index (χ4n) is 5.60. The maximum atomic E-state index is 15.3. The van der Waals surface area contributed by atoms with E-state index >= 15 is 8.78 Å². The Bertz CT molecular complexity index is 1580. The van der Waals surface area contributed by atoms with Crippen LogP contribution in [0.3, 0.4) is 0 Å². The minimum atomic E-state index is -2.77. The fourth-order valence-corrected chi connectivity index (χ4v) is 6.79. The molecule has 2 fully saturated rings.